The lowest BCUT2D eigenvalue weighted by molar-refractivity contribution is 0.615. The van der Waals surface area contributed by atoms with Crippen molar-refractivity contribution in [2.24, 2.45) is 4.99 Å². The number of aryl methyl sites for hydroxylation is 2. The highest BCUT2D eigenvalue weighted by atomic mass is 127. The van der Waals surface area contributed by atoms with Gasteiger partial charge in [-0.3, -0.25) is 4.99 Å². The first kappa shape index (κ1) is 22.1. The fraction of sp³-hybridized carbons (Fsp3) is 0.500. The quantitative estimate of drug-likeness (QED) is 0.337. The number of hydrogen-bond donors (Lipinski definition) is 2. The zero-order valence-electron chi connectivity index (χ0n) is 16.1. The number of rotatable bonds is 7. The van der Waals surface area contributed by atoms with Gasteiger partial charge in [0.2, 0.25) is 0 Å². The first-order valence-corrected chi connectivity index (χ1v) is 10.1. The average Bonchev–Trinajstić information content (AvgIpc) is 3.33. The summed E-state index contributed by atoms with van der Waals surface area (Å²) < 4.78 is 13.5. The molecular weight excluding hydrogens is 474 g/mol. The lowest BCUT2D eigenvalue weighted by Gasteiger charge is -2.16. The Morgan fingerprint density at radius 3 is 2.67 bits per heavy atom. The molecule has 27 heavy (non-hydrogen) atoms. The standard InChI is InChI=1S/C20H27FN4S.HI/c1-4-22-19(23-11-8-18-14(2)25-15(3)26-18)24-13-20(9-10-20)16-6-5-7-17(21)12-16;/h5-7,12H,4,8-11,13H2,1-3H3,(H2,22,23,24);1H. The predicted molar refractivity (Wildman–Crippen MR) is 122 cm³/mol. The third-order valence-corrected chi connectivity index (χ3v) is 5.95. The molecule has 0 bridgehead atoms. The molecule has 7 heteroatoms. The van der Waals surface area contributed by atoms with Crippen molar-refractivity contribution in [1.29, 1.82) is 0 Å². The Bertz CT molecular complexity index is 786. The number of halogens is 2. The minimum absolute atomic E-state index is 0. The van der Waals surface area contributed by atoms with E-state index in [9.17, 15) is 4.39 Å². The van der Waals surface area contributed by atoms with E-state index in [0.717, 1.165) is 54.6 Å². The molecule has 1 aromatic carbocycles. The van der Waals surface area contributed by atoms with E-state index in [0.29, 0.717) is 6.54 Å². The number of aliphatic imine (C=N–C) groups is 1. The molecule has 2 aromatic rings. The second-order valence-corrected chi connectivity index (χ2v) is 8.19. The minimum atomic E-state index is -0.169. The van der Waals surface area contributed by atoms with Gasteiger partial charge in [0.15, 0.2) is 5.96 Å². The van der Waals surface area contributed by atoms with Gasteiger partial charge >= 0.3 is 0 Å². The molecule has 0 radical (unpaired) electrons. The van der Waals surface area contributed by atoms with Crippen molar-refractivity contribution in [2.45, 2.75) is 45.4 Å². The van der Waals surface area contributed by atoms with Gasteiger partial charge in [-0.25, -0.2) is 9.37 Å². The van der Waals surface area contributed by atoms with Crippen LogP contribution in [0.5, 0.6) is 0 Å². The largest absolute Gasteiger partial charge is 0.357 e. The van der Waals surface area contributed by atoms with Crippen molar-refractivity contribution in [1.82, 2.24) is 15.6 Å². The number of nitrogens with one attached hydrogen (secondary N) is 2. The summed E-state index contributed by atoms with van der Waals surface area (Å²) in [6.45, 7) is 8.49. The van der Waals surface area contributed by atoms with Gasteiger partial charge in [0.05, 0.1) is 17.2 Å². The normalized spacial score (nSPS) is 15.2. The molecule has 1 aromatic heterocycles. The van der Waals surface area contributed by atoms with E-state index in [-0.39, 0.29) is 35.2 Å². The van der Waals surface area contributed by atoms with Crippen LogP contribution < -0.4 is 10.6 Å². The second-order valence-electron chi connectivity index (χ2n) is 6.90. The highest BCUT2D eigenvalue weighted by molar-refractivity contribution is 14.0. The van der Waals surface area contributed by atoms with Crippen LogP contribution in [0.3, 0.4) is 0 Å². The van der Waals surface area contributed by atoms with E-state index in [1.807, 2.05) is 13.0 Å². The molecule has 1 aliphatic rings. The van der Waals surface area contributed by atoms with Crippen LogP contribution >= 0.6 is 35.3 Å². The Hall–Kier alpha value is -1.22. The van der Waals surface area contributed by atoms with E-state index in [2.05, 4.69) is 29.5 Å². The Balaban J connectivity index is 0.00000261. The molecule has 1 saturated carbocycles. The van der Waals surface area contributed by atoms with Crippen LogP contribution in [0.4, 0.5) is 4.39 Å². The van der Waals surface area contributed by atoms with E-state index in [4.69, 9.17) is 4.99 Å². The number of hydrogen-bond acceptors (Lipinski definition) is 3. The Labute approximate surface area is 182 Å². The van der Waals surface area contributed by atoms with Crippen molar-refractivity contribution in [3.63, 3.8) is 0 Å². The maximum absolute atomic E-state index is 13.5. The molecule has 0 saturated heterocycles. The first-order valence-electron chi connectivity index (χ1n) is 9.23. The van der Waals surface area contributed by atoms with Crippen LogP contribution in [0.1, 0.15) is 40.9 Å². The van der Waals surface area contributed by atoms with Crippen LogP contribution in [0, 0.1) is 19.7 Å². The lowest BCUT2D eigenvalue weighted by Crippen LogP contribution is -2.39. The smallest absolute Gasteiger partial charge is 0.191 e. The highest BCUT2D eigenvalue weighted by Crippen LogP contribution is 2.48. The van der Waals surface area contributed by atoms with Gasteiger partial charge in [0.25, 0.3) is 0 Å². The van der Waals surface area contributed by atoms with Gasteiger partial charge in [-0.2, -0.15) is 0 Å². The molecule has 0 unspecified atom stereocenters. The topological polar surface area (TPSA) is 49.3 Å². The molecule has 1 heterocycles. The zero-order chi connectivity index (χ0) is 18.6. The van der Waals surface area contributed by atoms with Crippen molar-refractivity contribution in [2.75, 3.05) is 19.6 Å². The summed E-state index contributed by atoms with van der Waals surface area (Å²) >= 11 is 1.76. The first-order chi connectivity index (χ1) is 12.5. The van der Waals surface area contributed by atoms with Gasteiger partial charge in [-0.15, -0.1) is 35.3 Å². The van der Waals surface area contributed by atoms with Gasteiger partial charge in [0, 0.05) is 29.8 Å². The van der Waals surface area contributed by atoms with Gasteiger partial charge in [-0.05, 0) is 51.3 Å². The van der Waals surface area contributed by atoms with Crippen LogP contribution in [0.15, 0.2) is 29.3 Å². The SMILES string of the molecule is CCNC(=NCC1(c2cccc(F)c2)CC1)NCCc1sc(C)nc1C.I. The molecule has 0 amide bonds. The Morgan fingerprint density at radius 2 is 2.07 bits per heavy atom. The number of nitrogens with zero attached hydrogens (tertiary/aromatic N) is 2. The molecule has 1 aliphatic carbocycles. The number of guanidine groups is 1. The van der Waals surface area contributed by atoms with Crippen LogP contribution in [0.2, 0.25) is 0 Å². The molecule has 148 valence electrons. The maximum atomic E-state index is 13.5. The van der Waals surface area contributed by atoms with Crippen LogP contribution in [-0.2, 0) is 11.8 Å². The zero-order valence-corrected chi connectivity index (χ0v) is 19.3. The van der Waals surface area contributed by atoms with Gasteiger partial charge in [0.1, 0.15) is 5.82 Å². The summed E-state index contributed by atoms with van der Waals surface area (Å²) in [5.41, 5.74) is 2.20. The average molecular weight is 502 g/mol. The summed E-state index contributed by atoms with van der Waals surface area (Å²) in [7, 11) is 0. The molecule has 0 atom stereocenters. The van der Waals surface area contributed by atoms with Gasteiger partial charge in [-0.1, -0.05) is 12.1 Å². The Morgan fingerprint density at radius 1 is 1.30 bits per heavy atom. The maximum Gasteiger partial charge on any atom is 0.191 e. The van der Waals surface area contributed by atoms with Gasteiger partial charge < -0.3 is 10.6 Å². The number of aromatic nitrogens is 1. The van der Waals surface area contributed by atoms with Crippen LogP contribution in [-0.4, -0.2) is 30.6 Å². The molecule has 4 nitrogen and oxygen atoms in total. The van der Waals surface area contributed by atoms with Crippen molar-refractivity contribution >= 4 is 41.3 Å². The van der Waals surface area contributed by atoms with Crippen molar-refractivity contribution in [3.05, 3.63) is 51.2 Å². The predicted octanol–water partition coefficient (Wildman–Crippen LogP) is 4.35. The third kappa shape index (κ3) is 5.88. The molecule has 0 aliphatic heterocycles. The van der Waals surface area contributed by atoms with Crippen molar-refractivity contribution in [3.8, 4) is 0 Å². The molecule has 2 N–H and O–H groups in total. The van der Waals surface area contributed by atoms with E-state index < -0.39 is 0 Å². The van der Waals surface area contributed by atoms with Crippen LogP contribution in [0.25, 0.3) is 0 Å². The third-order valence-electron chi connectivity index (χ3n) is 4.82. The molecule has 3 rings (SSSR count). The molecule has 0 spiro atoms. The fourth-order valence-corrected chi connectivity index (χ4v) is 4.12. The highest BCUT2D eigenvalue weighted by Gasteiger charge is 2.44. The summed E-state index contributed by atoms with van der Waals surface area (Å²) in [5, 5.41) is 7.83. The van der Waals surface area contributed by atoms with Crippen molar-refractivity contribution < 1.29 is 4.39 Å². The van der Waals surface area contributed by atoms with E-state index in [1.165, 1.54) is 10.9 Å². The second kappa shape index (κ2) is 9.82. The summed E-state index contributed by atoms with van der Waals surface area (Å²) in [4.78, 5) is 10.6. The monoisotopic (exact) mass is 502 g/mol. The fourth-order valence-electron chi connectivity index (χ4n) is 3.18. The van der Waals surface area contributed by atoms with E-state index in [1.54, 1.807) is 23.5 Å². The summed E-state index contributed by atoms with van der Waals surface area (Å²) in [6, 6.07) is 6.95. The number of benzene rings is 1. The lowest BCUT2D eigenvalue weighted by atomic mass is 9.96. The summed E-state index contributed by atoms with van der Waals surface area (Å²) in [6.07, 6.45) is 3.08. The molecular formula is C20H28FIN4S. The van der Waals surface area contributed by atoms with E-state index >= 15 is 0 Å². The molecule has 1 fully saturated rings. The Kier molecular flexibility index (Phi) is 8.03. The number of thiazole rings is 1. The summed E-state index contributed by atoms with van der Waals surface area (Å²) in [5.74, 6) is 0.659. The minimum Gasteiger partial charge on any atom is -0.357 e.